The number of hydrogen-bond donors (Lipinski definition) is 1. The molecule has 0 saturated carbocycles. The van der Waals surface area contributed by atoms with Crippen LogP contribution in [-0.2, 0) is 37.3 Å². The third-order valence-electron chi connectivity index (χ3n) is 12.4. The maximum Gasteiger partial charge on any atom is 0.148 e. The molecule has 7 aromatic carbocycles. The number of fused-ring (bicyclic) bond motifs is 1. The van der Waals surface area contributed by atoms with Crippen molar-refractivity contribution in [1.29, 1.82) is 0 Å². The summed E-state index contributed by atoms with van der Waals surface area (Å²) in [5.74, 6) is 0.864. The molecule has 0 bridgehead atoms. The quantitative estimate of drug-likeness (QED) is 0.162. The molecule has 334 valence electrons. The Morgan fingerprint density at radius 2 is 1.14 bits per heavy atom. The molecule has 9 aromatic rings. The third-order valence-corrected chi connectivity index (χ3v) is 12.4. The average molecular weight is 1050 g/mol. The first-order valence-electron chi connectivity index (χ1n) is 24.0. The van der Waals surface area contributed by atoms with E-state index in [9.17, 15) is 5.11 Å². The largest absolute Gasteiger partial charge is 0.507 e. The number of phenols is 1. The predicted octanol–water partition coefficient (Wildman–Crippen LogP) is 16.1. The second-order valence-electron chi connectivity index (χ2n) is 20.3. The number of para-hydroxylation sites is 1. The van der Waals surface area contributed by atoms with Crippen LogP contribution in [0.3, 0.4) is 0 Å². The van der Waals surface area contributed by atoms with Crippen LogP contribution in [-0.4, -0.2) is 19.6 Å². The van der Waals surface area contributed by atoms with E-state index in [0.29, 0.717) is 17.0 Å². The standard InChI is InChI=1S/C61H58N3O.Pt/c1-39-24-26-42(27-25-39)43-28-29-62-54(35-43)47-31-44(40-18-13-11-14-19-40)30-46(32-47)51-22-17-23-55-56(51)63-58(52-37-49(60(5,6)7)38-53(57(52)65)61(8,9)10)64(55)50-34-45(41-20-15-12-16-21-41)33-48(36-50)59(2,3)4;/h11-31,33-38,65H,1-10H3;/q-1;/i1D3;. The average Bonchev–Trinajstić information content (AvgIpc) is 3.70. The number of hydrogen-bond acceptors (Lipinski definition) is 3. The fraction of sp³-hybridized carbons (Fsp3) is 0.213. The van der Waals surface area contributed by atoms with Gasteiger partial charge in [0.15, 0.2) is 0 Å². The van der Waals surface area contributed by atoms with Gasteiger partial charge in [0.25, 0.3) is 0 Å². The molecule has 0 unspecified atom stereocenters. The van der Waals surface area contributed by atoms with Crippen molar-refractivity contribution in [2.45, 2.75) is 85.4 Å². The smallest absolute Gasteiger partial charge is 0.148 e. The minimum Gasteiger partial charge on any atom is -0.507 e. The van der Waals surface area contributed by atoms with Gasteiger partial charge in [0.05, 0.1) is 16.6 Å². The number of aryl methyl sites for hydroxylation is 1. The molecule has 5 heteroatoms. The summed E-state index contributed by atoms with van der Waals surface area (Å²) in [6.07, 6.45) is 1.79. The van der Waals surface area contributed by atoms with Crippen LogP contribution in [0.1, 0.15) is 88.7 Å². The van der Waals surface area contributed by atoms with E-state index in [1.54, 1.807) is 18.3 Å². The number of rotatable bonds is 7. The molecule has 0 aliphatic heterocycles. The molecule has 1 N–H and O–H groups in total. The van der Waals surface area contributed by atoms with Crippen molar-refractivity contribution >= 4 is 11.0 Å². The first-order valence-corrected chi connectivity index (χ1v) is 22.5. The van der Waals surface area contributed by atoms with E-state index in [-0.39, 0.29) is 43.1 Å². The van der Waals surface area contributed by atoms with Gasteiger partial charge in [-0.05, 0) is 92.4 Å². The van der Waals surface area contributed by atoms with Crippen LogP contribution < -0.4 is 0 Å². The molecule has 0 fully saturated rings. The zero-order valence-corrected chi connectivity index (χ0v) is 41.5. The summed E-state index contributed by atoms with van der Waals surface area (Å²) in [7, 11) is 0. The van der Waals surface area contributed by atoms with Crippen LogP contribution in [0.4, 0.5) is 0 Å². The van der Waals surface area contributed by atoms with Gasteiger partial charge < -0.3 is 5.11 Å². The Hall–Kier alpha value is -6.35. The minimum absolute atomic E-state index is 0. The van der Waals surface area contributed by atoms with Crippen molar-refractivity contribution in [2.24, 2.45) is 0 Å². The molecule has 66 heavy (non-hydrogen) atoms. The molecular weight excluding hydrogens is 986 g/mol. The molecule has 0 spiro atoms. The summed E-state index contributed by atoms with van der Waals surface area (Å²) in [5, 5.41) is 12.6. The number of imidazole rings is 1. The molecule has 0 saturated heterocycles. The van der Waals surface area contributed by atoms with Gasteiger partial charge in [0.1, 0.15) is 11.6 Å². The first kappa shape index (κ1) is 42.3. The molecule has 4 nitrogen and oxygen atoms in total. The summed E-state index contributed by atoms with van der Waals surface area (Å²) in [6, 6.07) is 57.3. The maximum atomic E-state index is 12.6. The zero-order valence-electron chi connectivity index (χ0n) is 42.2. The summed E-state index contributed by atoms with van der Waals surface area (Å²) in [4.78, 5) is 10.5. The van der Waals surface area contributed by atoms with E-state index in [4.69, 9.17) is 14.1 Å². The number of pyridine rings is 1. The molecule has 0 amide bonds. The molecule has 0 aliphatic rings. The van der Waals surface area contributed by atoms with Crippen LogP contribution in [0.25, 0.3) is 83.9 Å². The van der Waals surface area contributed by atoms with E-state index in [2.05, 4.69) is 170 Å². The molecule has 0 radical (unpaired) electrons. The molecule has 2 aromatic heterocycles. The summed E-state index contributed by atoms with van der Waals surface area (Å²) >= 11 is 0. The fourth-order valence-corrected chi connectivity index (χ4v) is 8.61. The molecule has 9 rings (SSSR count). The van der Waals surface area contributed by atoms with Gasteiger partial charge in [-0.1, -0.05) is 200 Å². The molecule has 2 heterocycles. The number of nitrogens with zero attached hydrogens (tertiary/aromatic N) is 3. The van der Waals surface area contributed by atoms with Crippen LogP contribution in [0.2, 0.25) is 0 Å². The number of phenolic OH excluding ortho intramolecular Hbond substituents is 1. The van der Waals surface area contributed by atoms with Gasteiger partial charge in [-0.3, -0.25) is 9.55 Å². The van der Waals surface area contributed by atoms with Crippen LogP contribution in [0.5, 0.6) is 5.75 Å². The zero-order chi connectivity index (χ0) is 48.3. The number of benzene rings is 7. The van der Waals surface area contributed by atoms with Crippen molar-refractivity contribution in [3.8, 4) is 78.6 Å². The fourth-order valence-electron chi connectivity index (χ4n) is 8.61. The Labute approximate surface area is 410 Å². The first-order chi connectivity index (χ1) is 32.1. The minimum atomic E-state index is -2.18. The Morgan fingerprint density at radius 3 is 1.76 bits per heavy atom. The van der Waals surface area contributed by atoms with Gasteiger partial charge in [0.2, 0.25) is 0 Å². The summed E-state index contributed by atoms with van der Waals surface area (Å²) in [6.45, 7) is 17.6. The van der Waals surface area contributed by atoms with E-state index in [0.717, 1.165) is 83.6 Å². The van der Waals surface area contributed by atoms with E-state index >= 15 is 0 Å². The summed E-state index contributed by atoms with van der Waals surface area (Å²) in [5.41, 5.74) is 15.3. The molecule has 0 aliphatic carbocycles. The second-order valence-corrected chi connectivity index (χ2v) is 20.3. The Kier molecular flexibility index (Phi) is 11.4. The van der Waals surface area contributed by atoms with Crippen molar-refractivity contribution in [2.75, 3.05) is 0 Å². The van der Waals surface area contributed by atoms with Crippen LogP contribution in [0.15, 0.2) is 164 Å². The van der Waals surface area contributed by atoms with Gasteiger partial charge >= 0.3 is 0 Å². The SMILES string of the molecule is [2H]C([2H])([2H])c1ccc(-c2ccnc(-c3[c-]c(-c4cccc5c4nc(-c4cc(C(C)(C)C)cc(C(C)(C)C)c4O)n5-c4cc(-c5ccccc5)cc(C(C)(C)C)c4)cc(-c4ccccc4)c3)c2)cc1.[Pt]. The molecular formula is C61H58N3OPt-. The van der Waals surface area contributed by atoms with E-state index in [1.165, 1.54) is 5.56 Å². The van der Waals surface area contributed by atoms with Crippen molar-refractivity contribution < 1.29 is 30.3 Å². The topological polar surface area (TPSA) is 50.9 Å². The van der Waals surface area contributed by atoms with Crippen molar-refractivity contribution in [1.82, 2.24) is 14.5 Å². The van der Waals surface area contributed by atoms with Gasteiger partial charge in [-0.25, -0.2) is 4.98 Å². The summed E-state index contributed by atoms with van der Waals surface area (Å²) < 4.78 is 25.9. The Balaban J connectivity index is 0.00000642. The van der Waals surface area contributed by atoms with Gasteiger partial charge in [0, 0.05) is 48.3 Å². The van der Waals surface area contributed by atoms with E-state index in [1.807, 2.05) is 48.5 Å². The molecule has 0 atom stereocenters. The maximum absolute atomic E-state index is 12.6. The second kappa shape index (κ2) is 17.8. The number of aromatic nitrogens is 3. The normalized spacial score (nSPS) is 12.9. The number of aromatic hydroxyl groups is 1. The third kappa shape index (κ3) is 9.22. The van der Waals surface area contributed by atoms with Gasteiger partial charge in [-0.15, -0.1) is 23.8 Å². The van der Waals surface area contributed by atoms with E-state index < -0.39 is 6.85 Å². The predicted molar refractivity (Wildman–Crippen MR) is 273 cm³/mol. The van der Waals surface area contributed by atoms with Crippen molar-refractivity contribution in [3.63, 3.8) is 0 Å². The van der Waals surface area contributed by atoms with Gasteiger partial charge in [-0.2, -0.15) is 0 Å². The Bertz CT molecular complexity index is 3320. The Morgan fingerprint density at radius 1 is 0.530 bits per heavy atom. The van der Waals surface area contributed by atoms with Crippen molar-refractivity contribution in [3.05, 3.63) is 192 Å². The monoisotopic (exact) mass is 1050 g/mol. The van der Waals surface area contributed by atoms with Crippen LogP contribution in [0, 0.1) is 12.9 Å². The van der Waals surface area contributed by atoms with Crippen LogP contribution >= 0.6 is 0 Å².